The van der Waals surface area contributed by atoms with E-state index < -0.39 is 0 Å². The van der Waals surface area contributed by atoms with Gasteiger partial charge in [-0.25, -0.2) is 0 Å². The Kier molecular flexibility index (Phi) is 5.83. The van der Waals surface area contributed by atoms with Crippen LogP contribution in [0.15, 0.2) is 60.7 Å². The highest BCUT2D eigenvalue weighted by Crippen LogP contribution is 2.20. The molecule has 4 heteroatoms. The topological polar surface area (TPSA) is 58.2 Å². The summed E-state index contributed by atoms with van der Waals surface area (Å²) in [6, 6.07) is 18.7. The maximum Gasteiger partial charge on any atom is 0.251 e. The van der Waals surface area contributed by atoms with Gasteiger partial charge in [0.2, 0.25) is 5.91 Å². The van der Waals surface area contributed by atoms with Gasteiger partial charge in [-0.05, 0) is 30.5 Å². The zero-order valence-electron chi connectivity index (χ0n) is 14.3. The molecule has 1 aliphatic rings. The van der Waals surface area contributed by atoms with Gasteiger partial charge in [0.05, 0.1) is 12.5 Å². The summed E-state index contributed by atoms with van der Waals surface area (Å²) in [6.45, 7) is 0. The second kappa shape index (κ2) is 8.47. The Morgan fingerprint density at radius 3 is 2.16 bits per heavy atom. The third-order valence-electron chi connectivity index (χ3n) is 4.65. The highest BCUT2D eigenvalue weighted by Gasteiger charge is 2.22. The molecule has 1 fully saturated rings. The molecule has 0 heterocycles. The van der Waals surface area contributed by atoms with Crippen LogP contribution in [0.4, 0.5) is 0 Å². The van der Waals surface area contributed by atoms with E-state index in [9.17, 15) is 9.59 Å². The zero-order chi connectivity index (χ0) is 17.5. The summed E-state index contributed by atoms with van der Waals surface area (Å²) >= 11 is 0. The normalized spacial score (nSPS) is 15.5. The quantitative estimate of drug-likeness (QED) is 0.847. The van der Waals surface area contributed by atoms with Crippen molar-refractivity contribution < 1.29 is 9.59 Å². The van der Waals surface area contributed by atoms with Crippen molar-refractivity contribution >= 4 is 11.8 Å². The van der Waals surface area contributed by atoms with Gasteiger partial charge in [0.1, 0.15) is 0 Å². The van der Waals surface area contributed by atoms with Crippen LogP contribution in [0, 0.1) is 0 Å². The lowest BCUT2D eigenvalue weighted by molar-refractivity contribution is -0.122. The van der Waals surface area contributed by atoms with Crippen LogP contribution >= 0.6 is 0 Å². The third kappa shape index (κ3) is 4.92. The number of hydrogen-bond donors (Lipinski definition) is 2. The van der Waals surface area contributed by atoms with E-state index in [4.69, 9.17) is 0 Å². The van der Waals surface area contributed by atoms with Gasteiger partial charge in [-0.15, -0.1) is 0 Å². The molecule has 0 radical (unpaired) electrons. The Labute approximate surface area is 148 Å². The molecule has 2 N–H and O–H groups in total. The standard InChI is InChI=1S/C21H24N2O2/c24-20(22-18-13-7-8-14-18)15-19(16-9-3-1-4-10-16)23-21(25)17-11-5-2-6-12-17/h1-6,9-12,18-19H,7-8,13-15H2,(H,22,24)(H,23,25)/t19-/m1/s1. The van der Waals surface area contributed by atoms with Crippen LogP contribution in [0.5, 0.6) is 0 Å². The van der Waals surface area contributed by atoms with Crippen molar-refractivity contribution in [1.82, 2.24) is 10.6 Å². The Balaban J connectivity index is 1.69. The number of rotatable bonds is 6. The largest absolute Gasteiger partial charge is 0.353 e. The van der Waals surface area contributed by atoms with E-state index in [1.807, 2.05) is 48.5 Å². The van der Waals surface area contributed by atoms with Crippen molar-refractivity contribution in [1.29, 1.82) is 0 Å². The molecule has 2 aromatic carbocycles. The Morgan fingerprint density at radius 1 is 0.920 bits per heavy atom. The van der Waals surface area contributed by atoms with Crippen molar-refractivity contribution in [2.45, 2.75) is 44.2 Å². The summed E-state index contributed by atoms with van der Waals surface area (Å²) in [5, 5.41) is 6.11. The van der Waals surface area contributed by atoms with Crippen molar-refractivity contribution in [2.24, 2.45) is 0 Å². The zero-order valence-corrected chi connectivity index (χ0v) is 14.3. The molecular formula is C21H24N2O2. The number of amides is 2. The molecule has 0 aromatic heterocycles. The molecule has 2 amide bonds. The first-order chi connectivity index (χ1) is 12.2. The first-order valence-corrected chi connectivity index (χ1v) is 8.92. The van der Waals surface area contributed by atoms with Gasteiger partial charge < -0.3 is 10.6 Å². The number of carbonyl (C=O) groups is 2. The molecule has 4 nitrogen and oxygen atoms in total. The average molecular weight is 336 g/mol. The van der Waals surface area contributed by atoms with Crippen LogP contribution in [-0.4, -0.2) is 17.9 Å². The monoisotopic (exact) mass is 336 g/mol. The van der Waals surface area contributed by atoms with Gasteiger partial charge >= 0.3 is 0 Å². The van der Waals surface area contributed by atoms with Gasteiger partial charge in [0, 0.05) is 11.6 Å². The smallest absolute Gasteiger partial charge is 0.251 e. The minimum absolute atomic E-state index is 0.00545. The van der Waals surface area contributed by atoms with Gasteiger partial charge in [-0.1, -0.05) is 61.4 Å². The van der Waals surface area contributed by atoms with Crippen LogP contribution in [0.2, 0.25) is 0 Å². The fraction of sp³-hybridized carbons (Fsp3) is 0.333. The molecule has 1 saturated carbocycles. The van der Waals surface area contributed by atoms with E-state index in [2.05, 4.69) is 10.6 Å². The fourth-order valence-corrected chi connectivity index (χ4v) is 3.31. The molecule has 0 bridgehead atoms. The summed E-state index contributed by atoms with van der Waals surface area (Å²) in [5.74, 6) is -0.169. The van der Waals surface area contributed by atoms with E-state index in [1.54, 1.807) is 12.1 Å². The van der Waals surface area contributed by atoms with Gasteiger partial charge in [-0.2, -0.15) is 0 Å². The molecule has 130 valence electrons. The molecule has 0 unspecified atom stereocenters. The Bertz CT molecular complexity index is 694. The van der Waals surface area contributed by atoms with Crippen molar-refractivity contribution in [3.8, 4) is 0 Å². The second-order valence-corrected chi connectivity index (χ2v) is 6.56. The van der Waals surface area contributed by atoms with E-state index in [1.165, 1.54) is 12.8 Å². The van der Waals surface area contributed by atoms with Crippen molar-refractivity contribution in [2.75, 3.05) is 0 Å². The number of carbonyl (C=O) groups excluding carboxylic acids is 2. The van der Waals surface area contributed by atoms with Gasteiger partial charge in [-0.3, -0.25) is 9.59 Å². The summed E-state index contributed by atoms with van der Waals surface area (Å²) in [5.41, 5.74) is 1.54. The Morgan fingerprint density at radius 2 is 1.52 bits per heavy atom. The maximum atomic E-state index is 12.5. The first kappa shape index (κ1) is 17.2. The maximum absolute atomic E-state index is 12.5. The van der Waals surface area contributed by atoms with Crippen LogP contribution in [0.3, 0.4) is 0 Å². The summed E-state index contributed by atoms with van der Waals surface area (Å²) in [4.78, 5) is 24.9. The number of nitrogens with one attached hydrogen (secondary N) is 2. The van der Waals surface area contributed by atoms with Crippen LogP contribution in [-0.2, 0) is 4.79 Å². The molecule has 0 aliphatic heterocycles. The van der Waals surface area contributed by atoms with E-state index in [0.29, 0.717) is 5.56 Å². The molecule has 3 rings (SSSR count). The highest BCUT2D eigenvalue weighted by atomic mass is 16.2. The molecule has 0 spiro atoms. The predicted octanol–water partition coefficient (Wildman–Crippen LogP) is 3.61. The van der Waals surface area contributed by atoms with E-state index in [-0.39, 0.29) is 30.3 Å². The molecule has 25 heavy (non-hydrogen) atoms. The molecule has 2 aromatic rings. The summed E-state index contributed by atoms with van der Waals surface area (Å²) in [6.07, 6.45) is 4.71. The van der Waals surface area contributed by atoms with Gasteiger partial charge in [0.25, 0.3) is 5.91 Å². The van der Waals surface area contributed by atoms with E-state index in [0.717, 1.165) is 18.4 Å². The minimum Gasteiger partial charge on any atom is -0.353 e. The van der Waals surface area contributed by atoms with Crippen molar-refractivity contribution in [3.05, 3.63) is 71.8 Å². The first-order valence-electron chi connectivity index (χ1n) is 8.92. The SMILES string of the molecule is O=C(C[C@@H](NC(=O)c1ccccc1)c1ccccc1)NC1CCCC1. The average Bonchev–Trinajstić information content (AvgIpc) is 3.15. The predicted molar refractivity (Wildman–Crippen MR) is 98.1 cm³/mol. The Hall–Kier alpha value is -2.62. The van der Waals surface area contributed by atoms with Gasteiger partial charge in [0.15, 0.2) is 0 Å². The fourth-order valence-electron chi connectivity index (χ4n) is 3.31. The molecule has 1 atom stereocenters. The summed E-state index contributed by atoms with van der Waals surface area (Å²) in [7, 11) is 0. The second-order valence-electron chi connectivity index (χ2n) is 6.56. The van der Waals surface area contributed by atoms with Crippen LogP contribution in [0.25, 0.3) is 0 Å². The van der Waals surface area contributed by atoms with Crippen LogP contribution < -0.4 is 10.6 Å². The lowest BCUT2D eigenvalue weighted by atomic mass is 10.0. The van der Waals surface area contributed by atoms with Crippen molar-refractivity contribution in [3.63, 3.8) is 0 Å². The lowest BCUT2D eigenvalue weighted by Crippen LogP contribution is -2.37. The van der Waals surface area contributed by atoms with E-state index >= 15 is 0 Å². The third-order valence-corrected chi connectivity index (χ3v) is 4.65. The molecule has 0 saturated heterocycles. The highest BCUT2D eigenvalue weighted by molar-refractivity contribution is 5.94. The summed E-state index contributed by atoms with van der Waals surface area (Å²) < 4.78 is 0. The number of benzene rings is 2. The minimum atomic E-state index is -0.338. The molecular weight excluding hydrogens is 312 g/mol. The number of hydrogen-bond acceptors (Lipinski definition) is 2. The van der Waals surface area contributed by atoms with Crippen LogP contribution in [0.1, 0.15) is 54.1 Å². The molecule has 1 aliphatic carbocycles. The lowest BCUT2D eigenvalue weighted by Gasteiger charge is -2.20.